The molecule has 1 N–H and O–H groups in total. The zero-order chi connectivity index (χ0) is 13.2. The van der Waals surface area contributed by atoms with Crippen molar-refractivity contribution in [1.82, 2.24) is 14.5 Å². The first kappa shape index (κ1) is 13.6. The van der Waals surface area contributed by atoms with E-state index in [1.54, 1.807) is 6.20 Å². The molecule has 0 radical (unpaired) electrons. The van der Waals surface area contributed by atoms with Crippen LogP contribution in [0.15, 0.2) is 12.4 Å². The topological polar surface area (TPSA) is 41.3 Å². The Bertz CT molecular complexity index is 378. The van der Waals surface area contributed by atoms with Gasteiger partial charge in [-0.1, -0.05) is 13.8 Å². The van der Waals surface area contributed by atoms with Crippen LogP contribution in [0.4, 0.5) is 0 Å². The lowest BCUT2D eigenvalue weighted by molar-refractivity contribution is -0.0245. The minimum atomic E-state index is -0.563. The van der Waals surface area contributed by atoms with E-state index in [0.29, 0.717) is 12.3 Å². The molecule has 4 nitrogen and oxygen atoms in total. The van der Waals surface area contributed by atoms with Gasteiger partial charge in [0.2, 0.25) is 0 Å². The molecule has 2 rings (SSSR count). The summed E-state index contributed by atoms with van der Waals surface area (Å²) in [5.74, 6) is 1.68. The number of imidazole rings is 1. The summed E-state index contributed by atoms with van der Waals surface area (Å²) in [7, 11) is 1.99. The number of aromatic nitrogens is 2. The van der Waals surface area contributed by atoms with E-state index in [0.717, 1.165) is 38.3 Å². The van der Waals surface area contributed by atoms with E-state index in [1.807, 2.05) is 17.8 Å². The molecule has 102 valence electrons. The Hall–Kier alpha value is -0.870. The molecule has 1 saturated heterocycles. The van der Waals surface area contributed by atoms with E-state index in [-0.39, 0.29) is 0 Å². The van der Waals surface area contributed by atoms with Gasteiger partial charge in [-0.2, -0.15) is 0 Å². The smallest absolute Gasteiger partial charge is 0.111 e. The van der Waals surface area contributed by atoms with Crippen LogP contribution in [-0.2, 0) is 13.5 Å². The van der Waals surface area contributed by atoms with Gasteiger partial charge in [0.1, 0.15) is 5.82 Å². The Balaban J connectivity index is 1.89. The molecule has 1 aromatic heterocycles. The summed E-state index contributed by atoms with van der Waals surface area (Å²) >= 11 is 0. The molecule has 1 aliphatic heterocycles. The Kier molecular flexibility index (Phi) is 4.07. The summed E-state index contributed by atoms with van der Waals surface area (Å²) in [6.07, 6.45) is 6.12. The first-order valence-electron chi connectivity index (χ1n) is 6.89. The van der Waals surface area contributed by atoms with Crippen molar-refractivity contribution in [2.75, 3.05) is 19.6 Å². The predicted molar refractivity (Wildman–Crippen MR) is 72.4 cm³/mol. The molecule has 0 aliphatic carbocycles. The normalized spacial score (nSPS) is 20.5. The Morgan fingerprint density at radius 2 is 2.06 bits per heavy atom. The van der Waals surface area contributed by atoms with Gasteiger partial charge in [-0.25, -0.2) is 4.98 Å². The van der Waals surface area contributed by atoms with Crippen LogP contribution < -0.4 is 0 Å². The van der Waals surface area contributed by atoms with Crippen LogP contribution in [0.25, 0.3) is 0 Å². The summed E-state index contributed by atoms with van der Waals surface area (Å²) in [5.41, 5.74) is -0.563. The first-order chi connectivity index (χ1) is 8.48. The Morgan fingerprint density at radius 3 is 2.56 bits per heavy atom. The molecule has 0 bridgehead atoms. The highest BCUT2D eigenvalue weighted by atomic mass is 16.3. The van der Waals surface area contributed by atoms with Crippen LogP contribution >= 0.6 is 0 Å². The third kappa shape index (κ3) is 3.33. The SMILES string of the molecule is CC(C)CN1CCC(O)(Cc2nccn2C)CC1. The highest BCUT2D eigenvalue weighted by Gasteiger charge is 2.33. The minimum Gasteiger partial charge on any atom is -0.389 e. The average Bonchev–Trinajstić information content (AvgIpc) is 2.67. The lowest BCUT2D eigenvalue weighted by Crippen LogP contribution is -2.46. The zero-order valence-electron chi connectivity index (χ0n) is 11.8. The van der Waals surface area contributed by atoms with E-state index in [4.69, 9.17) is 0 Å². The fraction of sp³-hybridized carbons (Fsp3) is 0.786. The molecule has 18 heavy (non-hydrogen) atoms. The molecule has 0 saturated carbocycles. The number of likely N-dealkylation sites (tertiary alicyclic amines) is 1. The van der Waals surface area contributed by atoms with Gasteiger partial charge >= 0.3 is 0 Å². The van der Waals surface area contributed by atoms with E-state index < -0.39 is 5.60 Å². The predicted octanol–water partition coefficient (Wildman–Crippen LogP) is 1.45. The number of rotatable bonds is 4. The fourth-order valence-electron chi connectivity index (χ4n) is 2.71. The maximum absolute atomic E-state index is 10.6. The highest BCUT2D eigenvalue weighted by Crippen LogP contribution is 2.26. The van der Waals surface area contributed by atoms with Crippen LogP contribution in [0.3, 0.4) is 0 Å². The summed E-state index contributed by atoms with van der Waals surface area (Å²) in [6, 6.07) is 0. The number of aryl methyl sites for hydroxylation is 1. The van der Waals surface area contributed by atoms with Crippen molar-refractivity contribution in [2.24, 2.45) is 13.0 Å². The van der Waals surface area contributed by atoms with Crippen molar-refractivity contribution in [2.45, 2.75) is 38.7 Å². The Morgan fingerprint density at radius 1 is 1.39 bits per heavy atom. The number of hydrogen-bond donors (Lipinski definition) is 1. The molecule has 0 aromatic carbocycles. The minimum absolute atomic E-state index is 0.563. The second-order valence-corrected chi connectivity index (χ2v) is 6.05. The fourth-order valence-corrected chi connectivity index (χ4v) is 2.71. The monoisotopic (exact) mass is 251 g/mol. The third-order valence-corrected chi connectivity index (χ3v) is 3.82. The van der Waals surface area contributed by atoms with Crippen LogP contribution in [-0.4, -0.2) is 44.8 Å². The van der Waals surface area contributed by atoms with Crippen LogP contribution in [0.5, 0.6) is 0 Å². The quantitative estimate of drug-likeness (QED) is 0.880. The summed E-state index contributed by atoms with van der Waals surface area (Å²) in [5, 5.41) is 10.6. The summed E-state index contributed by atoms with van der Waals surface area (Å²) < 4.78 is 2.00. The average molecular weight is 251 g/mol. The van der Waals surface area contributed by atoms with E-state index in [2.05, 4.69) is 23.7 Å². The maximum atomic E-state index is 10.6. The van der Waals surface area contributed by atoms with Crippen molar-refractivity contribution in [1.29, 1.82) is 0 Å². The van der Waals surface area contributed by atoms with Crippen LogP contribution in [0.2, 0.25) is 0 Å². The van der Waals surface area contributed by atoms with Crippen LogP contribution in [0, 0.1) is 5.92 Å². The van der Waals surface area contributed by atoms with Crippen molar-refractivity contribution in [3.8, 4) is 0 Å². The maximum Gasteiger partial charge on any atom is 0.111 e. The lowest BCUT2D eigenvalue weighted by atomic mass is 9.87. The molecule has 0 spiro atoms. The van der Waals surface area contributed by atoms with Crippen LogP contribution in [0.1, 0.15) is 32.5 Å². The second kappa shape index (κ2) is 5.41. The third-order valence-electron chi connectivity index (χ3n) is 3.82. The highest BCUT2D eigenvalue weighted by molar-refractivity contribution is 5.00. The lowest BCUT2D eigenvalue weighted by Gasteiger charge is -2.38. The molecule has 4 heteroatoms. The van der Waals surface area contributed by atoms with Crippen molar-refractivity contribution < 1.29 is 5.11 Å². The van der Waals surface area contributed by atoms with E-state index in [1.165, 1.54) is 0 Å². The largest absolute Gasteiger partial charge is 0.389 e. The van der Waals surface area contributed by atoms with Gasteiger partial charge in [0.15, 0.2) is 0 Å². The number of nitrogens with zero attached hydrogens (tertiary/aromatic N) is 3. The molecule has 0 atom stereocenters. The molecule has 1 aliphatic rings. The standard InChI is InChI=1S/C14H25N3O/c1-12(2)11-17-7-4-14(18,5-8-17)10-13-15-6-9-16(13)3/h6,9,12,18H,4-5,7-8,10-11H2,1-3H3. The number of aliphatic hydroxyl groups is 1. The number of hydrogen-bond acceptors (Lipinski definition) is 3. The van der Waals surface area contributed by atoms with Crippen molar-refractivity contribution >= 4 is 0 Å². The van der Waals surface area contributed by atoms with Crippen molar-refractivity contribution in [3.63, 3.8) is 0 Å². The first-order valence-corrected chi connectivity index (χ1v) is 6.89. The molecule has 2 heterocycles. The summed E-state index contributed by atoms with van der Waals surface area (Å²) in [4.78, 5) is 6.77. The molecule has 1 aromatic rings. The molecular weight excluding hydrogens is 226 g/mol. The Labute approximate surface area is 110 Å². The van der Waals surface area contributed by atoms with Gasteiger partial charge in [-0.3, -0.25) is 0 Å². The number of piperidine rings is 1. The van der Waals surface area contributed by atoms with Crippen molar-refractivity contribution in [3.05, 3.63) is 18.2 Å². The van der Waals surface area contributed by atoms with E-state index in [9.17, 15) is 5.11 Å². The van der Waals surface area contributed by atoms with Gasteiger partial charge in [-0.05, 0) is 18.8 Å². The van der Waals surface area contributed by atoms with Gasteiger partial charge in [-0.15, -0.1) is 0 Å². The molecule has 1 fully saturated rings. The van der Waals surface area contributed by atoms with Gasteiger partial charge in [0, 0.05) is 45.5 Å². The summed E-state index contributed by atoms with van der Waals surface area (Å²) in [6.45, 7) is 7.63. The van der Waals surface area contributed by atoms with Gasteiger partial charge in [0.25, 0.3) is 0 Å². The zero-order valence-corrected chi connectivity index (χ0v) is 11.8. The molecule has 0 amide bonds. The van der Waals surface area contributed by atoms with Gasteiger partial charge in [0.05, 0.1) is 5.60 Å². The molecule has 0 unspecified atom stereocenters. The van der Waals surface area contributed by atoms with Gasteiger partial charge < -0.3 is 14.6 Å². The second-order valence-electron chi connectivity index (χ2n) is 6.05. The van der Waals surface area contributed by atoms with E-state index >= 15 is 0 Å². The molecular formula is C14H25N3O.